The standard InChI is InChI=1S/C15H13N3O2S/c1-17-15(19)18(14(21)16-17)12-9-5-6-10-13(12)20-11-7-3-2-4-8-11/h2-10H,1H3,(H,16,21). The molecule has 0 radical (unpaired) electrons. The van der Waals surface area contributed by atoms with Crippen molar-refractivity contribution in [3.63, 3.8) is 0 Å². The zero-order chi connectivity index (χ0) is 14.8. The van der Waals surface area contributed by atoms with E-state index < -0.39 is 0 Å². The highest BCUT2D eigenvalue weighted by molar-refractivity contribution is 7.71. The van der Waals surface area contributed by atoms with Crippen molar-refractivity contribution in [2.45, 2.75) is 0 Å². The zero-order valence-corrected chi connectivity index (χ0v) is 12.1. The lowest BCUT2D eigenvalue weighted by Crippen LogP contribution is -2.21. The minimum atomic E-state index is -0.246. The van der Waals surface area contributed by atoms with Crippen LogP contribution in [0.25, 0.3) is 5.69 Å². The summed E-state index contributed by atoms with van der Waals surface area (Å²) in [5.41, 5.74) is 0.359. The van der Waals surface area contributed by atoms with Crippen molar-refractivity contribution in [1.29, 1.82) is 0 Å². The van der Waals surface area contributed by atoms with Crippen molar-refractivity contribution in [3.8, 4) is 17.2 Å². The van der Waals surface area contributed by atoms with Gasteiger partial charge in [-0.25, -0.2) is 14.0 Å². The van der Waals surface area contributed by atoms with E-state index >= 15 is 0 Å². The van der Waals surface area contributed by atoms with Gasteiger partial charge in [0, 0.05) is 7.05 Å². The number of benzene rings is 2. The number of nitrogens with zero attached hydrogens (tertiary/aromatic N) is 2. The number of aromatic amines is 1. The topological polar surface area (TPSA) is 51.9 Å². The summed E-state index contributed by atoms with van der Waals surface area (Å²) in [6.45, 7) is 0. The molecule has 0 spiro atoms. The number of para-hydroxylation sites is 3. The van der Waals surface area contributed by atoms with Crippen LogP contribution >= 0.6 is 12.2 Å². The Morgan fingerprint density at radius 3 is 2.38 bits per heavy atom. The van der Waals surface area contributed by atoms with Gasteiger partial charge >= 0.3 is 5.69 Å². The fourth-order valence-electron chi connectivity index (χ4n) is 2.03. The first-order valence-electron chi connectivity index (χ1n) is 6.37. The fraction of sp³-hybridized carbons (Fsp3) is 0.0667. The molecule has 0 unspecified atom stereocenters. The van der Waals surface area contributed by atoms with Crippen LogP contribution in [0.15, 0.2) is 59.4 Å². The predicted molar refractivity (Wildman–Crippen MR) is 82.7 cm³/mol. The second kappa shape index (κ2) is 5.41. The first-order valence-corrected chi connectivity index (χ1v) is 6.78. The van der Waals surface area contributed by atoms with Gasteiger partial charge in [-0.05, 0) is 36.5 Å². The number of hydrogen-bond donors (Lipinski definition) is 1. The van der Waals surface area contributed by atoms with Crippen LogP contribution in [0.4, 0.5) is 0 Å². The maximum Gasteiger partial charge on any atom is 0.349 e. The maximum atomic E-state index is 12.2. The van der Waals surface area contributed by atoms with E-state index in [1.54, 1.807) is 19.2 Å². The van der Waals surface area contributed by atoms with Crippen molar-refractivity contribution in [2.75, 3.05) is 0 Å². The van der Waals surface area contributed by atoms with Gasteiger partial charge in [-0.15, -0.1) is 0 Å². The van der Waals surface area contributed by atoms with Gasteiger partial charge in [-0.2, -0.15) is 0 Å². The van der Waals surface area contributed by atoms with Crippen LogP contribution in [0, 0.1) is 4.77 Å². The molecule has 3 aromatic rings. The van der Waals surface area contributed by atoms with Crippen LogP contribution in [0.1, 0.15) is 0 Å². The molecule has 3 rings (SSSR count). The van der Waals surface area contributed by atoms with E-state index in [1.165, 1.54) is 9.25 Å². The number of ether oxygens (including phenoxy) is 1. The summed E-state index contributed by atoms with van der Waals surface area (Å²) < 4.78 is 8.92. The van der Waals surface area contributed by atoms with E-state index in [9.17, 15) is 4.79 Å². The largest absolute Gasteiger partial charge is 0.455 e. The Hall–Kier alpha value is -2.60. The monoisotopic (exact) mass is 299 g/mol. The number of aromatic nitrogens is 3. The lowest BCUT2D eigenvalue weighted by molar-refractivity contribution is 0.479. The van der Waals surface area contributed by atoms with Crippen LogP contribution in [-0.4, -0.2) is 14.3 Å². The molecule has 0 fully saturated rings. The Morgan fingerprint density at radius 2 is 1.71 bits per heavy atom. The predicted octanol–water partition coefficient (Wildman–Crippen LogP) is 3.03. The SMILES string of the molecule is Cn1[nH]c(=S)n(-c2ccccc2Oc2ccccc2)c1=O. The van der Waals surface area contributed by atoms with Gasteiger partial charge in [0.05, 0.1) is 5.69 Å². The molecule has 0 aliphatic heterocycles. The van der Waals surface area contributed by atoms with Gasteiger partial charge in [0.25, 0.3) is 0 Å². The fourth-order valence-corrected chi connectivity index (χ4v) is 2.35. The average Bonchev–Trinajstić information content (AvgIpc) is 2.74. The quantitative estimate of drug-likeness (QED) is 0.756. The molecule has 5 nitrogen and oxygen atoms in total. The van der Waals surface area contributed by atoms with E-state index in [0.29, 0.717) is 22.0 Å². The van der Waals surface area contributed by atoms with Gasteiger partial charge in [0.1, 0.15) is 5.75 Å². The Bertz CT molecular complexity index is 878. The Labute approximate surface area is 126 Å². The summed E-state index contributed by atoms with van der Waals surface area (Å²) in [5.74, 6) is 1.26. The average molecular weight is 299 g/mol. The van der Waals surface area contributed by atoms with Crippen LogP contribution in [0.5, 0.6) is 11.5 Å². The summed E-state index contributed by atoms with van der Waals surface area (Å²) >= 11 is 5.20. The zero-order valence-electron chi connectivity index (χ0n) is 11.3. The van der Waals surface area contributed by atoms with Crippen molar-refractivity contribution < 1.29 is 4.74 Å². The molecule has 6 heteroatoms. The van der Waals surface area contributed by atoms with E-state index in [-0.39, 0.29) is 5.69 Å². The summed E-state index contributed by atoms with van der Waals surface area (Å²) in [4.78, 5) is 12.2. The highest BCUT2D eigenvalue weighted by atomic mass is 32.1. The van der Waals surface area contributed by atoms with Gasteiger partial charge in [-0.3, -0.25) is 5.10 Å². The second-order valence-corrected chi connectivity index (χ2v) is 4.86. The number of aryl methyl sites for hydroxylation is 1. The molecule has 21 heavy (non-hydrogen) atoms. The number of hydrogen-bond acceptors (Lipinski definition) is 3. The highest BCUT2D eigenvalue weighted by Crippen LogP contribution is 2.27. The van der Waals surface area contributed by atoms with E-state index in [1.807, 2.05) is 42.5 Å². The van der Waals surface area contributed by atoms with E-state index in [4.69, 9.17) is 17.0 Å². The Morgan fingerprint density at radius 1 is 1.05 bits per heavy atom. The smallest absolute Gasteiger partial charge is 0.349 e. The third-order valence-corrected chi connectivity index (χ3v) is 3.30. The van der Waals surface area contributed by atoms with Crippen molar-refractivity contribution in [3.05, 3.63) is 69.9 Å². The first-order chi connectivity index (χ1) is 10.2. The third-order valence-electron chi connectivity index (χ3n) is 3.02. The van der Waals surface area contributed by atoms with Crippen molar-refractivity contribution in [2.24, 2.45) is 7.05 Å². The van der Waals surface area contributed by atoms with Gasteiger partial charge in [0.2, 0.25) is 4.77 Å². The summed E-state index contributed by atoms with van der Waals surface area (Å²) in [6.07, 6.45) is 0. The van der Waals surface area contributed by atoms with Crippen LogP contribution in [0.2, 0.25) is 0 Å². The summed E-state index contributed by atoms with van der Waals surface area (Å²) in [5, 5.41) is 2.79. The molecule has 0 aliphatic carbocycles. The molecule has 106 valence electrons. The van der Waals surface area contributed by atoms with Crippen LogP contribution < -0.4 is 10.4 Å². The normalized spacial score (nSPS) is 10.5. The van der Waals surface area contributed by atoms with Gasteiger partial charge in [0.15, 0.2) is 5.75 Å². The molecule has 0 bridgehead atoms. The molecule has 0 amide bonds. The highest BCUT2D eigenvalue weighted by Gasteiger charge is 2.12. The minimum absolute atomic E-state index is 0.246. The van der Waals surface area contributed by atoms with E-state index in [0.717, 1.165) is 0 Å². The van der Waals surface area contributed by atoms with Crippen LogP contribution in [0.3, 0.4) is 0 Å². The van der Waals surface area contributed by atoms with Crippen LogP contribution in [-0.2, 0) is 7.05 Å². The molecular weight excluding hydrogens is 286 g/mol. The molecule has 1 aromatic heterocycles. The Kier molecular flexibility index (Phi) is 3.45. The molecule has 0 aliphatic rings. The molecule has 0 saturated carbocycles. The Balaban J connectivity index is 2.12. The molecule has 2 aromatic carbocycles. The molecule has 1 heterocycles. The van der Waals surface area contributed by atoms with Crippen molar-refractivity contribution in [1.82, 2.24) is 14.3 Å². The summed E-state index contributed by atoms with van der Waals surface area (Å²) in [6, 6.07) is 16.7. The second-order valence-electron chi connectivity index (χ2n) is 4.48. The lowest BCUT2D eigenvalue weighted by Gasteiger charge is -2.10. The van der Waals surface area contributed by atoms with Gasteiger partial charge in [-0.1, -0.05) is 30.3 Å². The van der Waals surface area contributed by atoms with Crippen molar-refractivity contribution >= 4 is 12.2 Å². The molecule has 0 atom stereocenters. The molecule has 1 N–H and O–H groups in total. The maximum absolute atomic E-state index is 12.2. The first kappa shape index (κ1) is 13.4. The third kappa shape index (κ3) is 2.53. The number of rotatable bonds is 3. The van der Waals surface area contributed by atoms with E-state index in [2.05, 4.69) is 5.10 Å². The van der Waals surface area contributed by atoms with Gasteiger partial charge < -0.3 is 4.74 Å². The summed E-state index contributed by atoms with van der Waals surface area (Å²) in [7, 11) is 1.62. The molecule has 0 saturated heterocycles. The minimum Gasteiger partial charge on any atom is -0.455 e. The number of H-pyrrole nitrogens is 1. The lowest BCUT2D eigenvalue weighted by atomic mass is 10.3. The number of nitrogens with one attached hydrogen (secondary N) is 1. The molecular formula is C15H13N3O2S.